The molecular formula is C13H13N5O2. The number of carbonyl (C=O) groups is 1. The van der Waals surface area contributed by atoms with Crippen LogP contribution in [0.15, 0.2) is 12.3 Å². The quantitative estimate of drug-likeness (QED) is 0.782. The Balaban J connectivity index is 2.42. The fourth-order valence-electron chi connectivity index (χ4n) is 1.71. The van der Waals surface area contributed by atoms with E-state index in [0.717, 1.165) is 5.56 Å². The SMILES string of the molecule is CCOC(=O)c1nnn(-c2cc(C)c(C#N)cn2)c1C. The zero-order chi connectivity index (χ0) is 14.7. The number of nitrogens with zero attached hydrogens (tertiary/aromatic N) is 5. The maximum Gasteiger partial charge on any atom is 0.360 e. The number of ether oxygens (including phenoxy) is 1. The van der Waals surface area contributed by atoms with Crippen LogP contribution in [-0.4, -0.2) is 32.6 Å². The minimum atomic E-state index is -0.512. The molecule has 0 aromatic carbocycles. The molecule has 2 heterocycles. The van der Waals surface area contributed by atoms with Gasteiger partial charge in [-0.25, -0.2) is 9.78 Å². The van der Waals surface area contributed by atoms with Crippen molar-refractivity contribution in [3.05, 3.63) is 34.8 Å². The van der Waals surface area contributed by atoms with Gasteiger partial charge >= 0.3 is 5.97 Å². The molecule has 2 rings (SSSR count). The Morgan fingerprint density at radius 3 is 2.85 bits per heavy atom. The Morgan fingerprint density at radius 1 is 1.50 bits per heavy atom. The van der Waals surface area contributed by atoms with Gasteiger partial charge in [0, 0.05) is 6.20 Å². The number of aromatic nitrogens is 4. The van der Waals surface area contributed by atoms with Crippen molar-refractivity contribution in [3.63, 3.8) is 0 Å². The summed E-state index contributed by atoms with van der Waals surface area (Å²) >= 11 is 0. The second kappa shape index (κ2) is 5.48. The van der Waals surface area contributed by atoms with Crippen molar-refractivity contribution in [2.45, 2.75) is 20.8 Å². The van der Waals surface area contributed by atoms with Crippen LogP contribution in [0.25, 0.3) is 5.82 Å². The summed E-state index contributed by atoms with van der Waals surface area (Å²) in [7, 11) is 0. The first kappa shape index (κ1) is 13.7. The number of carbonyl (C=O) groups excluding carboxylic acids is 1. The molecule has 0 fully saturated rings. The molecule has 0 spiro atoms. The first-order valence-electron chi connectivity index (χ1n) is 6.05. The molecule has 7 nitrogen and oxygen atoms in total. The lowest BCUT2D eigenvalue weighted by atomic mass is 10.2. The van der Waals surface area contributed by atoms with E-state index in [1.807, 2.05) is 13.0 Å². The normalized spacial score (nSPS) is 10.1. The van der Waals surface area contributed by atoms with Crippen LogP contribution in [0.3, 0.4) is 0 Å². The van der Waals surface area contributed by atoms with Crippen molar-refractivity contribution < 1.29 is 9.53 Å². The van der Waals surface area contributed by atoms with Gasteiger partial charge in [0.25, 0.3) is 0 Å². The molecule has 0 saturated carbocycles. The Kier molecular flexibility index (Phi) is 3.75. The molecular weight excluding hydrogens is 258 g/mol. The van der Waals surface area contributed by atoms with Crippen LogP contribution >= 0.6 is 0 Å². The molecule has 0 N–H and O–H groups in total. The number of hydrogen-bond acceptors (Lipinski definition) is 6. The number of esters is 1. The first-order chi connectivity index (χ1) is 9.58. The highest BCUT2D eigenvalue weighted by Gasteiger charge is 2.19. The lowest BCUT2D eigenvalue weighted by Gasteiger charge is -2.04. The van der Waals surface area contributed by atoms with Gasteiger partial charge in [-0.1, -0.05) is 5.21 Å². The first-order valence-corrected chi connectivity index (χ1v) is 6.05. The lowest BCUT2D eigenvalue weighted by Crippen LogP contribution is -2.08. The highest BCUT2D eigenvalue weighted by Crippen LogP contribution is 2.14. The summed E-state index contributed by atoms with van der Waals surface area (Å²) in [5.41, 5.74) is 1.98. The van der Waals surface area contributed by atoms with Crippen LogP contribution in [0, 0.1) is 25.2 Å². The van der Waals surface area contributed by atoms with Crippen molar-refractivity contribution >= 4 is 5.97 Å². The van der Waals surface area contributed by atoms with Gasteiger partial charge in [-0.2, -0.15) is 9.94 Å². The third kappa shape index (κ3) is 2.36. The molecule has 0 bridgehead atoms. The smallest absolute Gasteiger partial charge is 0.360 e. The average Bonchev–Trinajstić information content (AvgIpc) is 2.81. The summed E-state index contributed by atoms with van der Waals surface area (Å²) < 4.78 is 6.34. The predicted octanol–water partition coefficient (Wildman–Crippen LogP) is 1.33. The number of aryl methyl sites for hydroxylation is 1. The molecule has 0 unspecified atom stereocenters. The van der Waals surface area contributed by atoms with Crippen molar-refractivity contribution in [1.82, 2.24) is 20.0 Å². The van der Waals surface area contributed by atoms with E-state index >= 15 is 0 Å². The standard InChI is InChI=1S/C13H13N5O2/c1-4-20-13(19)12-9(3)18(17-16-12)11-5-8(2)10(6-14)7-15-11/h5,7H,4H2,1-3H3. The van der Waals surface area contributed by atoms with Gasteiger partial charge in [0.1, 0.15) is 6.07 Å². The number of hydrogen-bond donors (Lipinski definition) is 0. The van der Waals surface area contributed by atoms with Gasteiger partial charge in [-0.05, 0) is 32.4 Å². The molecule has 0 radical (unpaired) electrons. The van der Waals surface area contributed by atoms with E-state index in [9.17, 15) is 4.79 Å². The van der Waals surface area contributed by atoms with E-state index in [-0.39, 0.29) is 12.3 Å². The maximum atomic E-state index is 11.7. The van der Waals surface area contributed by atoms with Crippen molar-refractivity contribution in [3.8, 4) is 11.9 Å². The van der Waals surface area contributed by atoms with Gasteiger partial charge in [-0.15, -0.1) is 5.10 Å². The second-order valence-electron chi connectivity index (χ2n) is 4.12. The highest BCUT2D eigenvalue weighted by atomic mass is 16.5. The Hall–Kier alpha value is -2.75. The van der Waals surface area contributed by atoms with Gasteiger partial charge < -0.3 is 4.74 Å². The fraction of sp³-hybridized carbons (Fsp3) is 0.308. The Labute approximate surface area is 115 Å². The lowest BCUT2D eigenvalue weighted by molar-refractivity contribution is 0.0518. The molecule has 0 saturated heterocycles. The van der Waals surface area contributed by atoms with Gasteiger partial charge in [0.05, 0.1) is 17.9 Å². The third-order valence-electron chi connectivity index (χ3n) is 2.80. The molecule has 0 atom stereocenters. The Bertz CT molecular complexity index is 699. The minimum Gasteiger partial charge on any atom is -0.461 e. The third-order valence-corrected chi connectivity index (χ3v) is 2.80. The van der Waals surface area contributed by atoms with E-state index < -0.39 is 5.97 Å². The molecule has 0 amide bonds. The molecule has 0 aliphatic rings. The summed E-state index contributed by atoms with van der Waals surface area (Å²) in [6, 6.07) is 3.76. The van der Waals surface area contributed by atoms with Crippen LogP contribution in [0.2, 0.25) is 0 Å². The average molecular weight is 271 g/mol. The van der Waals surface area contributed by atoms with Crippen LogP contribution in [0.5, 0.6) is 0 Å². The van der Waals surface area contributed by atoms with Crippen LogP contribution in [0.1, 0.15) is 34.2 Å². The molecule has 102 valence electrons. The van der Waals surface area contributed by atoms with E-state index in [1.54, 1.807) is 19.9 Å². The zero-order valence-corrected chi connectivity index (χ0v) is 11.4. The summed E-state index contributed by atoms with van der Waals surface area (Å²) in [6.07, 6.45) is 1.47. The minimum absolute atomic E-state index is 0.163. The van der Waals surface area contributed by atoms with Gasteiger partial charge in [0.15, 0.2) is 11.5 Å². The molecule has 7 heteroatoms. The summed E-state index contributed by atoms with van der Waals surface area (Å²) in [4.78, 5) is 15.8. The van der Waals surface area contributed by atoms with Crippen molar-refractivity contribution in [1.29, 1.82) is 5.26 Å². The number of pyridine rings is 1. The van der Waals surface area contributed by atoms with Crippen LogP contribution in [0.4, 0.5) is 0 Å². The zero-order valence-electron chi connectivity index (χ0n) is 11.4. The van der Waals surface area contributed by atoms with Crippen LogP contribution in [-0.2, 0) is 4.74 Å². The second-order valence-corrected chi connectivity index (χ2v) is 4.12. The van der Waals surface area contributed by atoms with E-state index in [2.05, 4.69) is 15.3 Å². The van der Waals surface area contributed by atoms with Crippen molar-refractivity contribution in [2.75, 3.05) is 6.61 Å². The molecule has 2 aromatic heterocycles. The van der Waals surface area contributed by atoms with E-state index in [1.165, 1.54) is 10.9 Å². The summed E-state index contributed by atoms with van der Waals surface area (Å²) in [5.74, 6) is -0.0105. The number of nitriles is 1. The molecule has 20 heavy (non-hydrogen) atoms. The number of rotatable bonds is 3. The van der Waals surface area contributed by atoms with Crippen molar-refractivity contribution in [2.24, 2.45) is 0 Å². The maximum absolute atomic E-state index is 11.7. The Morgan fingerprint density at radius 2 is 2.25 bits per heavy atom. The van der Waals surface area contributed by atoms with E-state index in [4.69, 9.17) is 10.00 Å². The highest BCUT2D eigenvalue weighted by molar-refractivity contribution is 5.88. The molecule has 2 aromatic rings. The summed E-state index contributed by atoms with van der Waals surface area (Å²) in [5, 5.41) is 16.6. The van der Waals surface area contributed by atoms with Gasteiger partial charge in [-0.3, -0.25) is 0 Å². The molecule has 0 aliphatic carbocycles. The van der Waals surface area contributed by atoms with Gasteiger partial charge in [0.2, 0.25) is 0 Å². The monoisotopic (exact) mass is 271 g/mol. The summed E-state index contributed by atoms with van der Waals surface area (Å²) in [6.45, 7) is 5.52. The largest absolute Gasteiger partial charge is 0.461 e. The molecule has 0 aliphatic heterocycles. The van der Waals surface area contributed by atoms with Crippen LogP contribution < -0.4 is 0 Å². The van der Waals surface area contributed by atoms with E-state index in [0.29, 0.717) is 17.1 Å². The topological polar surface area (TPSA) is 93.7 Å². The predicted molar refractivity (Wildman–Crippen MR) is 69.3 cm³/mol. The fourth-order valence-corrected chi connectivity index (χ4v) is 1.71.